The largest absolute Gasteiger partial charge is 0.357 e. The molecule has 0 spiro atoms. The van der Waals surface area contributed by atoms with Gasteiger partial charge in [-0.2, -0.15) is 0 Å². The molecular weight excluding hydrogens is 258 g/mol. The van der Waals surface area contributed by atoms with Crippen molar-refractivity contribution in [2.75, 3.05) is 19.0 Å². The lowest BCUT2D eigenvalue weighted by atomic mass is 10.1. The summed E-state index contributed by atoms with van der Waals surface area (Å²) in [4.78, 5) is 6.83. The van der Waals surface area contributed by atoms with E-state index in [0.717, 1.165) is 22.9 Å². The van der Waals surface area contributed by atoms with Crippen LogP contribution in [0.25, 0.3) is 0 Å². The predicted molar refractivity (Wildman–Crippen MR) is 81.9 cm³/mol. The average Bonchev–Trinajstić information content (AvgIpc) is 2.69. The second-order valence-corrected chi connectivity index (χ2v) is 5.83. The third-order valence-corrected chi connectivity index (χ3v) is 4.36. The molecule has 2 rings (SSSR count). The van der Waals surface area contributed by atoms with Gasteiger partial charge in [0.25, 0.3) is 0 Å². The topological polar surface area (TPSA) is 28.2 Å². The third kappa shape index (κ3) is 3.83. The second kappa shape index (κ2) is 7.11. The fraction of sp³-hybridized carbons (Fsp3) is 0.667. The van der Waals surface area contributed by atoms with Gasteiger partial charge in [0.2, 0.25) is 0 Å². The van der Waals surface area contributed by atoms with E-state index >= 15 is 0 Å². The minimum absolute atomic E-state index is 0.624. The number of hydrogen-bond donors (Lipinski definition) is 1. The van der Waals surface area contributed by atoms with Gasteiger partial charge < -0.3 is 10.2 Å². The molecule has 19 heavy (non-hydrogen) atoms. The van der Waals surface area contributed by atoms with Gasteiger partial charge in [-0.05, 0) is 31.5 Å². The van der Waals surface area contributed by atoms with Crippen molar-refractivity contribution in [2.24, 2.45) is 0 Å². The first-order chi connectivity index (χ1) is 9.22. The molecule has 0 aliphatic heterocycles. The first-order valence-corrected chi connectivity index (χ1v) is 7.62. The average molecular weight is 282 g/mol. The summed E-state index contributed by atoms with van der Waals surface area (Å²) in [5.41, 5.74) is 1.12. The Morgan fingerprint density at radius 1 is 1.32 bits per heavy atom. The van der Waals surface area contributed by atoms with Crippen LogP contribution in [0.5, 0.6) is 0 Å². The zero-order valence-electron chi connectivity index (χ0n) is 12.0. The molecule has 1 aliphatic rings. The third-order valence-electron chi connectivity index (χ3n) is 4.02. The van der Waals surface area contributed by atoms with Crippen molar-refractivity contribution in [2.45, 2.75) is 51.1 Å². The molecule has 0 bridgehead atoms. The molecular formula is C15H24ClN3. The number of aromatic nitrogens is 1. The number of nitrogens with one attached hydrogen (secondary N) is 1. The van der Waals surface area contributed by atoms with Gasteiger partial charge in [-0.25, -0.2) is 4.98 Å². The van der Waals surface area contributed by atoms with E-state index in [0.29, 0.717) is 6.04 Å². The number of pyridine rings is 1. The summed E-state index contributed by atoms with van der Waals surface area (Å²) in [5.74, 6) is 1.04. The second-order valence-electron chi connectivity index (χ2n) is 5.42. The van der Waals surface area contributed by atoms with Crippen LogP contribution in [0.3, 0.4) is 0 Å². The SMILES string of the molecule is CNCc1cc(N(C)C2CCCCCC2)ncc1Cl. The number of rotatable bonds is 4. The maximum atomic E-state index is 6.17. The Labute approximate surface area is 121 Å². The van der Waals surface area contributed by atoms with E-state index in [1.165, 1.54) is 38.5 Å². The Kier molecular flexibility index (Phi) is 5.46. The summed E-state index contributed by atoms with van der Waals surface area (Å²) in [6.07, 6.45) is 9.77. The molecule has 3 nitrogen and oxygen atoms in total. The molecule has 0 saturated heterocycles. The van der Waals surface area contributed by atoms with Crippen molar-refractivity contribution >= 4 is 17.4 Å². The molecule has 0 radical (unpaired) electrons. The van der Waals surface area contributed by atoms with Crippen molar-refractivity contribution in [3.8, 4) is 0 Å². The van der Waals surface area contributed by atoms with Gasteiger partial charge in [-0.15, -0.1) is 0 Å². The Balaban J connectivity index is 2.13. The highest BCUT2D eigenvalue weighted by atomic mass is 35.5. The summed E-state index contributed by atoms with van der Waals surface area (Å²) in [6.45, 7) is 0.785. The standard InChI is InChI=1S/C15H24ClN3/c1-17-10-12-9-15(18-11-14(12)16)19(2)13-7-5-3-4-6-8-13/h9,11,13,17H,3-8,10H2,1-2H3. The van der Waals surface area contributed by atoms with E-state index in [4.69, 9.17) is 11.6 Å². The summed E-state index contributed by atoms with van der Waals surface area (Å²) in [7, 11) is 4.10. The fourth-order valence-electron chi connectivity index (χ4n) is 2.82. The van der Waals surface area contributed by atoms with E-state index < -0.39 is 0 Å². The predicted octanol–water partition coefficient (Wildman–Crippen LogP) is 3.61. The minimum atomic E-state index is 0.624. The maximum Gasteiger partial charge on any atom is 0.128 e. The summed E-state index contributed by atoms with van der Waals surface area (Å²) in [6, 6.07) is 2.74. The van der Waals surface area contributed by atoms with Crippen LogP contribution in [0.1, 0.15) is 44.1 Å². The lowest BCUT2D eigenvalue weighted by molar-refractivity contribution is 0.549. The first kappa shape index (κ1) is 14.6. The van der Waals surface area contributed by atoms with Gasteiger partial charge in [0.05, 0.1) is 5.02 Å². The van der Waals surface area contributed by atoms with Gasteiger partial charge in [0, 0.05) is 25.8 Å². The van der Waals surface area contributed by atoms with Gasteiger partial charge in [-0.3, -0.25) is 0 Å². The number of nitrogens with zero attached hydrogens (tertiary/aromatic N) is 2. The number of hydrogen-bond acceptors (Lipinski definition) is 3. The van der Waals surface area contributed by atoms with Crippen LogP contribution >= 0.6 is 11.6 Å². The molecule has 1 N–H and O–H groups in total. The van der Waals surface area contributed by atoms with Crippen molar-refractivity contribution < 1.29 is 0 Å². The Morgan fingerprint density at radius 2 is 2.00 bits per heavy atom. The van der Waals surface area contributed by atoms with Crippen LogP contribution in [0.2, 0.25) is 5.02 Å². The molecule has 4 heteroatoms. The molecule has 1 saturated carbocycles. The summed E-state index contributed by atoms with van der Waals surface area (Å²) < 4.78 is 0. The molecule has 106 valence electrons. The van der Waals surface area contributed by atoms with E-state index in [1.54, 1.807) is 6.20 Å². The van der Waals surface area contributed by atoms with E-state index in [1.807, 2.05) is 7.05 Å². The van der Waals surface area contributed by atoms with Gasteiger partial charge >= 0.3 is 0 Å². The lowest BCUT2D eigenvalue weighted by Crippen LogP contribution is -2.31. The van der Waals surface area contributed by atoms with Crippen LogP contribution < -0.4 is 10.2 Å². The molecule has 1 aromatic rings. The lowest BCUT2D eigenvalue weighted by Gasteiger charge is -2.28. The molecule has 1 heterocycles. The molecule has 1 fully saturated rings. The maximum absolute atomic E-state index is 6.17. The van der Waals surface area contributed by atoms with Gasteiger partial charge in [-0.1, -0.05) is 37.3 Å². The van der Waals surface area contributed by atoms with Crippen molar-refractivity contribution in [1.82, 2.24) is 10.3 Å². The van der Waals surface area contributed by atoms with Crippen LogP contribution in [0.15, 0.2) is 12.3 Å². The first-order valence-electron chi connectivity index (χ1n) is 7.24. The highest BCUT2D eigenvalue weighted by Crippen LogP contribution is 2.26. The number of anilines is 1. The molecule has 0 aromatic carbocycles. The highest BCUT2D eigenvalue weighted by Gasteiger charge is 2.18. The Morgan fingerprint density at radius 3 is 2.63 bits per heavy atom. The Bertz CT molecular complexity index is 400. The summed E-state index contributed by atoms with van der Waals surface area (Å²) >= 11 is 6.17. The monoisotopic (exact) mass is 281 g/mol. The van der Waals surface area contributed by atoms with Gasteiger partial charge in [0.15, 0.2) is 0 Å². The van der Waals surface area contributed by atoms with Crippen LogP contribution in [0, 0.1) is 0 Å². The zero-order chi connectivity index (χ0) is 13.7. The fourth-order valence-corrected chi connectivity index (χ4v) is 2.99. The van der Waals surface area contributed by atoms with Crippen LogP contribution in [-0.2, 0) is 6.54 Å². The smallest absolute Gasteiger partial charge is 0.128 e. The zero-order valence-corrected chi connectivity index (χ0v) is 12.7. The summed E-state index contributed by atoms with van der Waals surface area (Å²) in [5, 5.41) is 3.89. The molecule has 0 amide bonds. The molecule has 1 aliphatic carbocycles. The van der Waals surface area contributed by atoms with E-state index in [9.17, 15) is 0 Å². The van der Waals surface area contributed by atoms with Gasteiger partial charge in [0.1, 0.15) is 5.82 Å². The highest BCUT2D eigenvalue weighted by molar-refractivity contribution is 6.31. The normalized spacial score (nSPS) is 17.2. The van der Waals surface area contributed by atoms with Crippen molar-refractivity contribution in [1.29, 1.82) is 0 Å². The van der Waals surface area contributed by atoms with Crippen molar-refractivity contribution in [3.63, 3.8) is 0 Å². The Hall–Kier alpha value is -0.800. The minimum Gasteiger partial charge on any atom is -0.357 e. The number of halogens is 1. The molecule has 0 unspecified atom stereocenters. The van der Waals surface area contributed by atoms with Crippen LogP contribution in [-0.4, -0.2) is 25.1 Å². The van der Waals surface area contributed by atoms with E-state index in [2.05, 4.69) is 28.3 Å². The van der Waals surface area contributed by atoms with Crippen LogP contribution in [0.4, 0.5) is 5.82 Å². The molecule has 1 aromatic heterocycles. The quantitative estimate of drug-likeness (QED) is 0.855. The molecule has 0 atom stereocenters. The van der Waals surface area contributed by atoms with Crippen molar-refractivity contribution in [3.05, 3.63) is 22.8 Å². The van der Waals surface area contributed by atoms with E-state index in [-0.39, 0.29) is 0 Å².